The van der Waals surface area contributed by atoms with E-state index in [9.17, 15) is 19.5 Å². The summed E-state index contributed by atoms with van der Waals surface area (Å²) in [7, 11) is 0. The second-order valence-corrected chi connectivity index (χ2v) is 6.06. The van der Waals surface area contributed by atoms with Crippen LogP contribution < -0.4 is 10.6 Å². The number of benzene rings is 1. The number of carboxylic acid groups (broad SMARTS) is 1. The highest BCUT2D eigenvalue weighted by Gasteiger charge is 2.57. The Balaban J connectivity index is 1.76. The number of carboxylic acids is 1. The van der Waals surface area contributed by atoms with Gasteiger partial charge in [0.1, 0.15) is 5.41 Å². The smallest absolute Gasteiger partial charge is 0.319 e. The minimum absolute atomic E-state index is 0.293. The lowest BCUT2D eigenvalue weighted by molar-refractivity contribution is -0.147. The van der Waals surface area contributed by atoms with Gasteiger partial charge in [-0.05, 0) is 49.6 Å². The van der Waals surface area contributed by atoms with Crippen LogP contribution in [0.2, 0.25) is 0 Å². The third-order valence-electron chi connectivity index (χ3n) is 4.28. The van der Waals surface area contributed by atoms with Crippen molar-refractivity contribution in [2.24, 2.45) is 5.41 Å². The van der Waals surface area contributed by atoms with Crippen LogP contribution in [0, 0.1) is 12.3 Å². The molecule has 0 saturated heterocycles. The van der Waals surface area contributed by atoms with Crippen molar-refractivity contribution >= 4 is 29.2 Å². The summed E-state index contributed by atoms with van der Waals surface area (Å²) in [4.78, 5) is 39.5. The maximum absolute atomic E-state index is 12.3. The van der Waals surface area contributed by atoms with Gasteiger partial charge < -0.3 is 15.7 Å². The van der Waals surface area contributed by atoms with E-state index < -0.39 is 17.3 Å². The van der Waals surface area contributed by atoms with Crippen LogP contribution in [0.3, 0.4) is 0 Å². The number of nitrogens with one attached hydrogen (secondary N) is 2. The van der Waals surface area contributed by atoms with Crippen molar-refractivity contribution in [2.75, 3.05) is 10.6 Å². The van der Waals surface area contributed by atoms with Crippen molar-refractivity contribution < 1.29 is 19.5 Å². The number of anilines is 2. The molecule has 1 fully saturated rings. The molecule has 1 heterocycles. The van der Waals surface area contributed by atoms with Gasteiger partial charge >= 0.3 is 5.97 Å². The van der Waals surface area contributed by atoms with E-state index in [1.54, 1.807) is 30.3 Å². The summed E-state index contributed by atoms with van der Waals surface area (Å²) in [5.41, 5.74) is 0.949. The number of carbonyl (C=O) groups excluding carboxylic acids is 2. The fourth-order valence-electron chi connectivity index (χ4n) is 2.45. The number of amides is 2. The molecule has 7 heteroatoms. The van der Waals surface area contributed by atoms with Gasteiger partial charge in [0, 0.05) is 29.3 Å². The summed E-state index contributed by atoms with van der Waals surface area (Å²) in [6.07, 6.45) is 3.73. The molecule has 2 amide bonds. The summed E-state index contributed by atoms with van der Waals surface area (Å²) in [6.45, 7) is 1.83. The molecule has 7 nitrogen and oxygen atoms in total. The van der Waals surface area contributed by atoms with E-state index in [4.69, 9.17) is 0 Å². The Kier molecular flexibility index (Phi) is 4.22. The third-order valence-corrected chi connectivity index (χ3v) is 4.28. The number of hydrogen-bond donors (Lipinski definition) is 3. The SMILES string of the molecule is Cc1ccc(NC(=O)C2(C(=O)O)CC2)cc1NC(=O)c1ccncc1. The van der Waals surface area contributed by atoms with Crippen LogP contribution in [-0.2, 0) is 9.59 Å². The highest BCUT2D eigenvalue weighted by atomic mass is 16.4. The van der Waals surface area contributed by atoms with Crippen LogP contribution in [0.5, 0.6) is 0 Å². The number of pyridine rings is 1. The van der Waals surface area contributed by atoms with Crippen molar-refractivity contribution in [3.8, 4) is 0 Å². The molecule has 0 bridgehead atoms. The molecule has 0 atom stereocenters. The largest absolute Gasteiger partial charge is 0.480 e. The summed E-state index contributed by atoms with van der Waals surface area (Å²) >= 11 is 0. The number of aryl methyl sites for hydroxylation is 1. The molecule has 1 saturated carbocycles. The highest BCUT2D eigenvalue weighted by molar-refractivity contribution is 6.11. The Morgan fingerprint density at radius 1 is 1.08 bits per heavy atom. The van der Waals surface area contributed by atoms with Crippen LogP contribution in [0.25, 0.3) is 0 Å². The van der Waals surface area contributed by atoms with E-state index in [0.717, 1.165) is 5.56 Å². The van der Waals surface area contributed by atoms with Crippen molar-refractivity contribution in [1.29, 1.82) is 0 Å². The van der Waals surface area contributed by atoms with Gasteiger partial charge in [0.2, 0.25) is 5.91 Å². The Morgan fingerprint density at radius 2 is 1.76 bits per heavy atom. The minimum Gasteiger partial charge on any atom is -0.480 e. The number of aliphatic carboxylic acids is 1. The van der Waals surface area contributed by atoms with Gasteiger partial charge in [-0.2, -0.15) is 0 Å². The van der Waals surface area contributed by atoms with Crippen LogP contribution in [0.4, 0.5) is 11.4 Å². The van der Waals surface area contributed by atoms with E-state index in [2.05, 4.69) is 15.6 Å². The van der Waals surface area contributed by atoms with Gasteiger partial charge in [0.25, 0.3) is 5.91 Å². The molecule has 2 aromatic rings. The molecular formula is C18H17N3O4. The zero-order valence-electron chi connectivity index (χ0n) is 13.6. The lowest BCUT2D eigenvalue weighted by Crippen LogP contribution is -2.31. The fourth-order valence-corrected chi connectivity index (χ4v) is 2.45. The quantitative estimate of drug-likeness (QED) is 0.725. The fraction of sp³-hybridized carbons (Fsp3) is 0.222. The summed E-state index contributed by atoms with van der Waals surface area (Å²) in [5.74, 6) is -1.93. The average molecular weight is 339 g/mol. The molecule has 0 spiro atoms. The normalized spacial score (nSPS) is 14.4. The predicted octanol–water partition coefficient (Wildman–Crippen LogP) is 2.45. The van der Waals surface area contributed by atoms with Crippen LogP contribution in [0.1, 0.15) is 28.8 Å². The molecule has 3 rings (SSSR count). The van der Waals surface area contributed by atoms with E-state index in [1.165, 1.54) is 12.4 Å². The van der Waals surface area contributed by atoms with Gasteiger partial charge in [0.15, 0.2) is 0 Å². The third kappa shape index (κ3) is 3.35. The number of carbonyl (C=O) groups is 3. The van der Waals surface area contributed by atoms with Crippen LogP contribution in [0.15, 0.2) is 42.7 Å². The molecule has 128 valence electrons. The number of nitrogens with zero attached hydrogens (tertiary/aromatic N) is 1. The van der Waals surface area contributed by atoms with Gasteiger partial charge in [-0.3, -0.25) is 19.4 Å². The van der Waals surface area contributed by atoms with Crippen molar-refractivity contribution in [1.82, 2.24) is 4.98 Å². The second kappa shape index (κ2) is 6.35. The van der Waals surface area contributed by atoms with E-state index in [0.29, 0.717) is 29.8 Å². The van der Waals surface area contributed by atoms with Crippen LogP contribution >= 0.6 is 0 Å². The standard InChI is InChI=1S/C18H17N3O4/c1-11-2-3-13(20-16(23)18(6-7-18)17(24)25)10-14(11)21-15(22)12-4-8-19-9-5-12/h2-5,8-10H,6-7H2,1H3,(H,20,23)(H,21,22)(H,24,25). The molecular weight excluding hydrogens is 322 g/mol. The van der Waals surface area contributed by atoms with Crippen molar-refractivity contribution in [3.05, 3.63) is 53.9 Å². The summed E-state index contributed by atoms with van der Waals surface area (Å²) in [6, 6.07) is 8.23. The van der Waals surface area contributed by atoms with Crippen molar-refractivity contribution in [2.45, 2.75) is 19.8 Å². The Morgan fingerprint density at radius 3 is 2.36 bits per heavy atom. The molecule has 3 N–H and O–H groups in total. The van der Waals surface area contributed by atoms with Gasteiger partial charge in [-0.15, -0.1) is 0 Å². The zero-order valence-corrected chi connectivity index (χ0v) is 13.6. The zero-order chi connectivity index (χ0) is 18.0. The molecule has 1 aliphatic rings. The number of aromatic nitrogens is 1. The molecule has 1 aromatic heterocycles. The molecule has 25 heavy (non-hydrogen) atoms. The van der Waals surface area contributed by atoms with Crippen LogP contribution in [-0.4, -0.2) is 27.9 Å². The summed E-state index contributed by atoms with van der Waals surface area (Å²) in [5, 5.41) is 14.6. The Bertz CT molecular complexity index is 845. The lowest BCUT2D eigenvalue weighted by Gasteiger charge is -2.14. The lowest BCUT2D eigenvalue weighted by atomic mass is 10.1. The first kappa shape index (κ1) is 16.6. The van der Waals surface area contributed by atoms with Gasteiger partial charge in [-0.1, -0.05) is 6.07 Å². The first-order valence-corrected chi connectivity index (χ1v) is 7.79. The molecule has 1 aliphatic carbocycles. The average Bonchev–Trinajstić information content (AvgIpc) is 3.40. The second-order valence-electron chi connectivity index (χ2n) is 6.06. The maximum atomic E-state index is 12.3. The number of hydrogen-bond acceptors (Lipinski definition) is 4. The molecule has 0 radical (unpaired) electrons. The highest BCUT2D eigenvalue weighted by Crippen LogP contribution is 2.46. The molecule has 1 aromatic carbocycles. The van der Waals surface area contributed by atoms with Gasteiger partial charge in [0.05, 0.1) is 0 Å². The van der Waals surface area contributed by atoms with Crippen molar-refractivity contribution in [3.63, 3.8) is 0 Å². The first-order valence-electron chi connectivity index (χ1n) is 7.79. The monoisotopic (exact) mass is 339 g/mol. The summed E-state index contributed by atoms with van der Waals surface area (Å²) < 4.78 is 0. The molecule has 0 aliphatic heterocycles. The topological polar surface area (TPSA) is 108 Å². The van der Waals surface area contributed by atoms with E-state index >= 15 is 0 Å². The van der Waals surface area contributed by atoms with E-state index in [1.807, 2.05) is 6.92 Å². The Labute approximate surface area is 144 Å². The molecule has 0 unspecified atom stereocenters. The van der Waals surface area contributed by atoms with E-state index in [-0.39, 0.29) is 5.91 Å². The maximum Gasteiger partial charge on any atom is 0.319 e. The first-order chi connectivity index (χ1) is 11.9. The Hall–Kier alpha value is -3.22. The number of rotatable bonds is 5. The van der Waals surface area contributed by atoms with Gasteiger partial charge in [-0.25, -0.2) is 0 Å². The minimum atomic E-state index is -1.31. The predicted molar refractivity (Wildman–Crippen MR) is 91.3 cm³/mol.